The monoisotopic (exact) mass is 337 g/mol. The van der Waals surface area contributed by atoms with Gasteiger partial charge < -0.3 is 9.26 Å². The number of hydrogen-bond donors (Lipinski definition) is 1. The van der Waals surface area contributed by atoms with Gasteiger partial charge in [0.2, 0.25) is 0 Å². The SMILES string of the molecule is CCc1ccc(OC(C)C(=O)Nc2noc(-c3ccccc3)n2)cc1. The molecule has 0 spiro atoms. The molecule has 0 saturated heterocycles. The molecule has 0 aliphatic heterocycles. The van der Waals surface area contributed by atoms with Crippen LogP contribution in [0.3, 0.4) is 0 Å². The van der Waals surface area contributed by atoms with Gasteiger partial charge in [-0.3, -0.25) is 10.1 Å². The summed E-state index contributed by atoms with van der Waals surface area (Å²) in [5.74, 6) is 0.748. The second-order valence-corrected chi connectivity index (χ2v) is 5.54. The van der Waals surface area contributed by atoms with E-state index in [9.17, 15) is 4.79 Å². The Morgan fingerprint density at radius 2 is 1.88 bits per heavy atom. The molecule has 1 heterocycles. The van der Waals surface area contributed by atoms with E-state index in [0.717, 1.165) is 12.0 Å². The van der Waals surface area contributed by atoms with Crippen molar-refractivity contribution < 1.29 is 14.1 Å². The molecule has 2 aromatic carbocycles. The molecule has 0 fully saturated rings. The molecule has 0 aliphatic rings. The first-order valence-corrected chi connectivity index (χ1v) is 8.11. The van der Waals surface area contributed by atoms with E-state index in [4.69, 9.17) is 9.26 Å². The Kier molecular flexibility index (Phi) is 5.09. The number of anilines is 1. The fourth-order valence-electron chi connectivity index (χ4n) is 2.25. The van der Waals surface area contributed by atoms with Gasteiger partial charge in [0.15, 0.2) is 6.10 Å². The second-order valence-electron chi connectivity index (χ2n) is 5.54. The van der Waals surface area contributed by atoms with Crippen LogP contribution in [0.25, 0.3) is 11.5 Å². The van der Waals surface area contributed by atoms with Crippen molar-refractivity contribution in [2.45, 2.75) is 26.4 Å². The van der Waals surface area contributed by atoms with E-state index in [1.54, 1.807) is 6.92 Å². The summed E-state index contributed by atoms with van der Waals surface area (Å²) in [7, 11) is 0. The zero-order chi connectivity index (χ0) is 17.6. The number of rotatable bonds is 6. The topological polar surface area (TPSA) is 77.2 Å². The molecule has 0 saturated carbocycles. The number of amides is 1. The Bertz CT molecular complexity index is 829. The molecule has 1 amide bonds. The molecule has 3 aromatic rings. The van der Waals surface area contributed by atoms with Gasteiger partial charge in [0.25, 0.3) is 17.7 Å². The van der Waals surface area contributed by atoms with Gasteiger partial charge in [-0.2, -0.15) is 4.98 Å². The van der Waals surface area contributed by atoms with E-state index in [2.05, 4.69) is 22.4 Å². The van der Waals surface area contributed by atoms with E-state index in [1.807, 2.05) is 54.6 Å². The highest BCUT2D eigenvalue weighted by Crippen LogP contribution is 2.18. The van der Waals surface area contributed by atoms with E-state index in [0.29, 0.717) is 11.6 Å². The van der Waals surface area contributed by atoms with Crippen LogP contribution in [0.15, 0.2) is 59.1 Å². The molecule has 6 nitrogen and oxygen atoms in total. The summed E-state index contributed by atoms with van der Waals surface area (Å²) < 4.78 is 10.8. The number of benzene rings is 2. The van der Waals surface area contributed by atoms with Crippen LogP contribution in [0.2, 0.25) is 0 Å². The van der Waals surface area contributed by atoms with Crippen molar-refractivity contribution in [2.24, 2.45) is 0 Å². The molecule has 3 rings (SSSR count). The summed E-state index contributed by atoms with van der Waals surface area (Å²) in [5, 5.41) is 6.37. The lowest BCUT2D eigenvalue weighted by Crippen LogP contribution is -2.30. The van der Waals surface area contributed by atoms with Crippen molar-refractivity contribution in [3.05, 3.63) is 60.2 Å². The maximum Gasteiger partial charge on any atom is 0.270 e. The summed E-state index contributed by atoms with van der Waals surface area (Å²) in [5.41, 5.74) is 2.00. The first-order chi connectivity index (χ1) is 12.2. The molecule has 0 aliphatic carbocycles. The van der Waals surface area contributed by atoms with Crippen molar-refractivity contribution in [1.82, 2.24) is 10.1 Å². The minimum Gasteiger partial charge on any atom is -0.481 e. The first-order valence-electron chi connectivity index (χ1n) is 8.11. The molecule has 1 atom stereocenters. The third-order valence-corrected chi connectivity index (χ3v) is 3.70. The Morgan fingerprint density at radius 3 is 2.56 bits per heavy atom. The van der Waals surface area contributed by atoms with Crippen LogP contribution in [0.1, 0.15) is 19.4 Å². The summed E-state index contributed by atoms with van der Waals surface area (Å²) in [4.78, 5) is 16.4. The van der Waals surface area contributed by atoms with Gasteiger partial charge in [-0.25, -0.2) is 0 Å². The van der Waals surface area contributed by atoms with Gasteiger partial charge in [0.1, 0.15) is 5.75 Å². The fraction of sp³-hybridized carbons (Fsp3) is 0.211. The van der Waals surface area contributed by atoms with Crippen LogP contribution >= 0.6 is 0 Å². The average Bonchev–Trinajstić information content (AvgIpc) is 3.11. The molecule has 1 unspecified atom stereocenters. The lowest BCUT2D eigenvalue weighted by atomic mass is 10.2. The number of carbonyl (C=O) groups is 1. The van der Waals surface area contributed by atoms with Crippen LogP contribution in [0.5, 0.6) is 5.75 Å². The predicted molar refractivity (Wildman–Crippen MR) is 94.3 cm³/mol. The molecule has 0 radical (unpaired) electrons. The van der Waals surface area contributed by atoms with Gasteiger partial charge in [-0.15, -0.1) is 0 Å². The highest BCUT2D eigenvalue weighted by molar-refractivity contribution is 5.92. The van der Waals surface area contributed by atoms with Gasteiger partial charge in [0.05, 0.1) is 0 Å². The Hall–Kier alpha value is -3.15. The van der Waals surface area contributed by atoms with Crippen molar-refractivity contribution in [3.63, 3.8) is 0 Å². The van der Waals surface area contributed by atoms with E-state index in [-0.39, 0.29) is 11.9 Å². The lowest BCUT2D eigenvalue weighted by molar-refractivity contribution is -0.122. The van der Waals surface area contributed by atoms with Gasteiger partial charge in [-0.1, -0.05) is 37.3 Å². The third-order valence-electron chi connectivity index (χ3n) is 3.70. The van der Waals surface area contributed by atoms with Gasteiger partial charge >= 0.3 is 0 Å². The summed E-state index contributed by atoms with van der Waals surface area (Å²) >= 11 is 0. The maximum absolute atomic E-state index is 12.2. The van der Waals surface area contributed by atoms with Gasteiger partial charge in [-0.05, 0) is 48.3 Å². The Labute approximate surface area is 145 Å². The van der Waals surface area contributed by atoms with Crippen LogP contribution < -0.4 is 10.1 Å². The minimum atomic E-state index is -0.689. The van der Waals surface area contributed by atoms with E-state index < -0.39 is 6.10 Å². The molecule has 128 valence electrons. The quantitative estimate of drug-likeness (QED) is 0.742. The number of hydrogen-bond acceptors (Lipinski definition) is 5. The van der Waals surface area contributed by atoms with Crippen LogP contribution in [-0.4, -0.2) is 22.2 Å². The minimum absolute atomic E-state index is 0.112. The molecule has 25 heavy (non-hydrogen) atoms. The van der Waals surface area contributed by atoms with Crippen LogP contribution in [0, 0.1) is 0 Å². The standard InChI is InChI=1S/C19H19N3O3/c1-3-14-9-11-16(12-10-14)24-13(2)17(23)20-19-21-18(25-22-19)15-7-5-4-6-8-15/h4-13H,3H2,1-2H3,(H,20,22,23). The number of aromatic nitrogens is 2. The first kappa shape index (κ1) is 16.7. The highest BCUT2D eigenvalue weighted by atomic mass is 16.5. The zero-order valence-electron chi connectivity index (χ0n) is 14.1. The lowest BCUT2D eigenvalue weighted by Gasteiger charge is -2.13. The Morgan fingerprint density at radius 1 is 1.16 bits per heavy atom. The van der Waals surface area contributed by atoms with Crippen molar-refractivity contribution in [2.75, 3.05) is 5.32 Å². The maximum atomic E-state index is 12.2. The number of aryl methyl sites for hydroxylation is 1. The van der Waals surface area contributed by atoms with Crippen molar-refractivity contribution in [1.29, 1.82) is 0 Å². The largest absolute Gasteiger partial charge is 0.481 e. The predicted octanol–water partition coefficient (Wildman–Crippen LogP) is 3.71. The second kappa shape index (κ2) is 7.61. The summed E-state index contributed by atoms with van der Waals surface area (Å²) in [6.07, 6.45) is 0.267. The molecular formula is C19H19N3O3. The zero-order valence-corrected chi connectivity index (χ0v) is 14.1. The average molecular weight is 337 g/mol. The molecular weight excluding hydrogens is 318 g/mol. The van der Waals surface area contributed by atoms with Crippen LogP contribution in [0.4, 0.5) is 5.95 Å². The van der Waals surface area contributed by atoms with E-state index in [1.165, 1.54) is 5.56 Å². The number of carbonyl (C=O) groups excluding carboxylic acids is 1. The van der Waals surface area contributed by atoms with E-state index >= 15 is 0 Å². The summed E-state index contributed by atoms with van der Waals surface area (Å²) in [6, 6.07) is 17.0. The van der Waals surface area contributed by atoms with Crippen LogP contribution in [-0.2, 0) is 11.2 Å². The van der Waals surface area contributed by atoms with Gasteiger partial charge in [0, 0.05) is 5.56 Å². The molecule has 1 aromatic heterocycles. The molecule has 0 bridgehead atoms. The smallest absolute Gasteiger partial charge is 0.270 e. The summed E-state index contributed by atoms with van der Waals surface area (Å²) in [6.45, 7) is 3.75. The number of ether oxygens (including phenoxy) is 1. The Balaban J connectivity index is 1.60. The number of nitrogens with zero attached hydrogens (tertiary/aromatic N) is 2. The normalized spacial score (nSPS) is 11.8. The molecule has 1 N–H and O–H groups in total. The van der Waals surface area contributed by atoms with Crippen molar-refractivity contribution >= 4 is 11.9 Å². The number of nitrogens with one attached hydrogen (secondary N) is 1. The molecule has 6 heteroatoms. The van der Waals surface area contributed by atoms with Crippen molar-refractivity contribution in [3.8, 4) is 17.2 Å². The fourth-order valence-corrected chi connectivity index (χ4v) is 2.25. The third kappa shape index (κ3) is 4.23. The highest BCUT2D eigenvalue weighted by Gasteiger charge is 2.18.